The van der Waals surface area contributed by atoms with E-state index in [9.17, 15) is 4.79 Å². The molecule has 0 unspecified atom stereocenters. The van der Waals surface area contributed by atoms with Gasteiger partial charge in [-0.3, -0.25) is 5.32 Å². The van der Waals surface area contributed by atoms with Gasteiger partial charge in [0.15, 0.2) is 0 Å². The topological polar surface area (TPSA) is 47.6 Å². The highest BCUT2D eigenvalue weighted by atomic mass is 35.5. The van der Waals surface area contributed by atoms with E-state index in [0.717, 1.165) is 0 Å². The summed E-state index contributed by atoms with van der Waals surface area (Å²) in [5.74, 6) is 0.477. The Morgan fingerprint density at radius 1 is 1.00 bits per heavy atom. The molecule has 0 radical (unpaired) electrons. The SMILES string of the molecule is O=C(Nc1cccc(Cl)c1)OCCOc1ccc(Cl)cc1Cl. The molecule has 22 heavy (non-hydrogen) atoms. The summed E-state index contributed by atoms with van der Waals surface area (Å²) in [6, 6.07) is 11.6. The number of hydrogen-bond acceptors (Lipinski definition) is 3. The Kier molecular flexibility index (Phi) is 6.19. The first-order valence-corrected chi connectivity index (χ1v) is 7.45. The number of carbonyl (C=O) groups excluding carboxylic acids is 1. The minimum Gasteiger partial charge on any atom is -0.488 e. The molecule has 0 atom stereocenters. The summed E-state index contributed by atoms with van der Waals surface area (Å²) in [6.07, 6.45) is -0.590. The van der Waals surface area contributed by atoms with Crippen LogP contribution in [0.4, 0.5) is 10.5 Å². The molecule has 0 aliphatic rings. The lowest BCUT2D eigenvalue weighted by Gasteiger charge is -2.10. The molecular weight excluding hydrogens is 349 g/mol. The predicted molar refractivity (Wildman–Crippen MR) is 88.4 cm³/mol. The minimum atomic E-state index is -0.590. The number of nitrogens with one attached hydrogen (secondary N) is 1. The summed E-state index contributed by atoms with van der Waals surface area (Å²) in [4.78, 5) is 11.6. The second-order valence-electron chi connectivity index (χ2n) is 4.19. The van der Waals surface area contributed by atoms with Crippen LogP contribution in [-0.4, -0.2) is 19.3 Å². The van der Waals surface area contributed by atoms with Crippen LogP contribution in [0, 0.1) is 0 Å². The average Bonchev–Trinajstić information content (AvgIpc) is 2.45. The minimum absolute atomic E-state index is 0.0748. The van der Waals surface area contributed by atoms with E-state index in [2.05, 4.69) is 5.32 Å². The highest BCUT2D eigenvalue weighted by Crippen LogP contribution is 2.27. The first kappa shape index (κ1) is 16.7. The number of rotatable bonds is 5. The van der Waals surface area contributed by atoms with Gasteiger partial charge in [0.25, 0.3) is 0 Å². The number of hydrogen-bond donors (Lipinski definition) is 1. The molecule has 0 aliphatic carbocycles. The van der Waals surface area contributed by atoms with Crippen molar-refractivity contribution in [2.24, 2.45) is 0 Å². The van der Waals surface area contributed by atoms with Gasteiger partial charge in [0.05, 0.1) is 5.02 Å². The molecule has 0 saturated heterocycles. The smallest absolute Gasteiger partial charge is 0.411 e. The average molecular weight is 361 g/mol. The van der Waals surface area contributed by atoms with Crippen LogP contribution < -0.4 is 10.1 Å². The van der Waals surface area contributed by atoms with Gasteiger partial charge in [-0.15, -0.1) is 0 Å². The maximum atomic E-state index is 11.6. The zero-order valence-corrected chi connectivity index (χ0v) is 13.6. The lowest BCUT2D eigenvalue weighted by atomic mass is 10.3. The number of anilines is 1. The van der Waals surface area contributed by atoms with Crippen LogP contribution in [0.5, 0.6) is 5.75 Å². The van der Waals surface area contributed by atoms with Crippen molar-refractivity contribution in [2.75, 3.05) is 18.5 Å². The van der Waals surface area contributed by atoms with Gasteiger partial charge in [0.2, 0.25) is 0 Å². The van der Waals surface area contributed by atoms with Crippen LogP contribution in [0.25, 0.3) is 0 Å². The van der Waals surface area contributed by atoms with Gasteiger partial charge >= 0.3 is 6.09 Å². The summed E-state index contributed by atoms with van der Waals surface area (Å²) in [5.41, 5.74) is 0.555. The Morgan fingerprint density at radius 3 is 2.50 bits per heavy atom. The fraction of sp³-hybridized carbons (Fsp3) is 0.133. The Hall–Kier alpha value is -1.62. The maximum absolute atomic E-state index is 11.6. The molecule has 1 N–H and O–H groups in total. The number of benzene rings is 2. The van der Waals surface area contributed by atoms with Crippen molar-refractivity contribution < 1.29 is 14.3 Å². The fourth-order valence-corrected chi connectivity index (χ4v) is 2.25. The van der Waals surface area contributed by atoms with E-state index < -0.39 is 6.09 Å². The summed E-state index contributed by atoms with van der Waals surface area (Å²) >= 11 is 17.5. The Morgan fingerprint density at radius 2 is 1.77 bits per heavy atom. The van der Waals surface area contributed by atoms with Crippen molar-refractivity contribution in [3.05, 3.63) is 57.5 Å². The standard InChI is InChI=1S/C15H12Cl3NO3/c16-10-2-1-3-12(8-10)19-15(20)22-7-6-21-14-5-4-11(17)9-13(14)18/h1-5,8-9H,6-7H2,(H,19,20). The van der Waals surface area contributed by atoms with Gasteiger partial charge in [-0.25, -0.2) is 4.79 Å². The quantitative estimate of drug-likeness (QED) is 0.738. The van der Waals surface area contributed by atoms with Crippen LogP contribution in [0.1, 0.15) is 0 Å². The molecule has 2 aromatic carbocycles. The van der Waals surface area contributed by atoms with Crippen LogP contribution >= 0.6 is 34.8 Å². The predicted octanol–water partition coefficient (Wildman–Crippen LogP) is 5.27. The summed E-state index contributed by atoms with van der Waals surface area (Å²) in [6.45, 7) is 0.246. The monoisotopic (exact) mass is 359 g/mol. The van der Waals surface area contributed by atoms with Crippen molar-refractivity contribution in [3.63, 3.8) is 0 Å². The van der Waals surface area contributed by atoms with E-state index >= 15 is 0 Å². The molecule has 0 bridgehead atoms. The summed E-state index contributed by atoms with van der Waals surface area (Å²) in [7, 11) is 0. The third-order valence-corrected chi connectivity index (χ3v) is 3.30. The van der Waals surface area contributed by atoms with Crippen LogP contribution in [0.2, 0.25) is 15.1 Å². The van der Waals surface area contributed by atoms with Crippen molar-refractivity contribution in [1.82, 2.24) is 0 Å². The molecular formula is C15H12Cl3NO3. The Labute approximate surface area is 142 Å². The first-order valence-electron chi connectivity index (χ1n) is 6.32. The Bertz CT molecular complexity index is 664. The van der Waals surface area contributed by atoms with E-state index in [1.807, 2.05) is 0 Å². The first-order chi connectivity index (χ1) is 10.5. The Balaban J connectivity index is 1.73. The molecule has 0 aromatic heterocycles. The number of ether oxygens (including phenoxy) is 2. The number of carbonyl (C=O) groups is 1. The molecule has 1 amide bonds. The van der Waals surface area contributed by atoms with E-state index in [4.69, 9.17) is 44.3 Å². The van der Waals surface area contributed by atoms with Gasteiger partial charge < -0.3 is 9.47 Å². The molecule has 0 fully saturated rings. The molecule has 4 nitrogen and oxygen atoms in total. The van der Waals surface area contributed by atoms with Crippen molar-refractivity contribution >= 4 is 46.6 Å². The van der Waals surface area contributed by atoms with Crippen LogP contribution in [0.15, 0.2) is 42.5 Å². The van der Waals surface area contributed by atoms with E-state index in [1.54, 1.807) is 42.5 Å². The van der Waals surface area contributed by atoms with Crippen molar-refractivity contribution in [1.29, 1.82) is 0 Å². The van der Waals surface area contributed by atoms with Gasteiger partial charge in [0, 0.05) is 15.7 Å². The van der Waals surface area contributed by atoms with E-state index in [0.29, 0.717) is 26.5 Å². The molecule has 0 saturated carbocycles. The van der Waals surface area contributed by atoms with Crippen molar-refractivity contribution in [2.45, 2.75) is 0 Å². The number of amides is 1. The summed E-state index contributed by atoms with van der Waals surface area (Å²) in [5, 5.41) is 4.00. The van der Waals surface area contributed by atoms with Gasteiger partial charge in [-0.05, 0) is 36.4 Å². The second kappa shape index (κ2) is 8.13. The molecule has 0 spiro atoms. The lowest BCUT2D eigenvalue weighted by molar-refractivity contribution is 0.138. The lowest BCUT2D eigenvalue weighted by Crippen LogP contribution is -2.17. The van der Waals surface area contributed by atoms with E-state index in [-0.39, 0.29) is 13.2 Å². The molecule has 0 heterocycles. The molecule has 116 valence electrons. The third kappa shape index (κ3) is 5.30. The third-order valence-electron chi connectivity index (χ3n) is 2.54. The molecule has 0 aliphatic heterocycles. The zero-order valence-electron chi connectivity index (χ0n) is 11.3. The number of halogens is 3. The maximum Gasteiger partial charge on any atom is 0.411 e. The van der Waals surface area contributed by atoms with Gasteiger partial charge in [-0.1, -0.05) is 40.9 Å². The fourth-order valence-electron chi connectivity index (χ4n) is 1.60. The zero-order chi connectivity index (χ0) is 15.9. The van der Waals surface area contributed by atoms with Gasteiger partial charge in [0.1, 0.15) is 19.0 Å². The normalized spacial score (nSPS) is 10.1. The highest BCUT2D eigenvalue weighted by molar-refractivity contribution is 6.35. The second-order valence-corrected chi connectivity index (χ2v) is 5.47. The van der Waals surface area contributed by atoms with Crippen LogP contribution in [-0.2, 0) is 4.74 Å². The summed E-state index contributed by atoms with van der Waals surface area (Å²) < 4.78 is 10.4. The molecule has 2 aromatic rings. The molecule has 2 rings (SSSR count). The largest absolute Gasteiger partial charge is 0.488 e. The van der Waals surface area contributed by atoms with Crippen LogP contribution in [0.3, 0.4) is 0 Å². The van der Waals surface area contributed by atoms with Gasteiger partial charge in [-0.2, -0.15) is 0 Å². The van der Waals surface area contributed by atoms with E-state index in [1.165, 1.54) is 0 Å². The van der Waals surface area contributed by atoms with Crippen molar-refractivity contribution in [3.8, 4) is 5.75 Å². The highest BCUT2D eigenvalue weighted by Gasteiger charge is 2.05. The molecule has 7 heteroatoms.